The topological polar surface area (TPSA) is 34.4 Å². The number of aliphatic imine (C=N–C) groups is 1. The first-order valence-corrected chi connectivity index (χ1v) is 5.52. The number of hydrogen-bond donors (Lipinski definition) is 0. The first-order valence-electron chi connectivity index (χ1n) is 5.52. The summed E-state index contributed by atoms with van der Waals surface area (Å²) in [7, 11) is 1.32. The Labute approximate surface area is 107 Å². The van der Waals surface area contributed by atoms with Gasteiger partial charge in [0.2, 0.25) is 6.08 Å². The van der Waals surface area contributed by atoms with Gasteiger partial charge in [-0.2, -0.15) is 18.2 Å². The summed E-state index contributed by atoms with van der Waals surface area (Å²) in [6, 6.07) is 3.38. The van der Waals surface area contributed by atoms with Crippen LogP contribution in [0.25, 0.3) is 10.9 Å². The summed E-state index contributed by atoms with van der Waals surface area (Å²) < 4.78 is 40.3. The van der Waals surface area contributed by atoms with Gasteiger partial charge in [0.25, 0.3) is 0 Å². The molecule has 19 heavy (non-hydrogen) atoms. The second-order valence-corrected chi connectivity index (χ2v) is 4.44. The van der Waals surface area contributed by atoms with E-state index in [1.165, 1.54) is 13.1 Å². The summed E-state index contributed by atoms with van der Waals surface area (Å²) in [5, 5.41) is 0.315. The minimum atomic E-state index is -4.58. The van der Waals surface area contributed by atoms with Gasteiger partial charge in [0.05, 0.1) is 5.52 Å². The molecule has 1 heterocycles. The molecule has 0 amide bonds. The third kappa shape index (κ3) is 2.04. The second-order valence-electron chi connectivity index (χ2n) is 4.44. The van der Waals surface area contributed by atoms with Gasteiger partial charge >= 0.3 is 6.18 Å². The summed E-state index contributed by atoms with van der Waals surface area (Å²) in [5.74, 6) is 0. The molecule has 1 aromatic carbocycles. The Kier molecular flexibility index (Phi) is 2.98. The molecule has 0 radical (unpaired) electrons. The summed E-state index contributed by atoms with van der Waals surface area (Å²) >= 11 is 0. The monoisotopic (exact) mass is 268 g/mol. The molecule has 2 aromatic rings. The third-order valence-electron chi connectivity index (χ3n) is 3.02. The van der Waals surface area contributed by atoms with Crippen LogP contribution in [-0.4, -0.2) is 10.6 Å². The van der Waals surface area contributed by atoms with Crippen molar-refractivity contribution in [2.24, 2.45) is 12.0 Å². The fraction of sp³-hybridized carbons (Fsp3) is 0.308. The molecule has 0 fully saturated rings. The zero-order chi connectivity index (χ0) is 14.4. The molecular formula is C13H11F3N2O. The summed E-state index contributed by atoms with van der Waals surface area (Å²) in [4.78, 5) is 13.7. The molecule has 100 valence electrons. The van der Waals surface area contributed by atoms with E-state index in [1.54, 1.807) is 26.0 Å². The van der Waals surface area contributed by atoms with Crippen molar-refractivity contribution >= 4 is 22.7 Å². The van der Waals surface area contributed by atoms with E-state index in [9.17, 15) is 18.0 Å². The van der Waals surface area contributed by atoms with E-state index in [-0.39, 0.29) is 5.69 Å². The van der Waals surface area contributed by atoms with Crippen LogP contribution >= 0.6 is 0 Å². The maximum atomic E-state index is 13.1. The third-order valence-corrected chi connectivity index (χ3v) is 3.02. The Bertz CT molecular complexity index is 707. The SMILES string of the molecule is Cc1cc(C)c2c(c1)c(N=C=O)c(C(F)(F)F)n2C. The van der Waals surface area contributed by atoms with Gasteiger partial charge in [0, 0.05) is 12.4 Å². The molecule has 0 atom stereocenters. The number of alkyl halides is 3. The van der Waals surface area contributed by atoms with Crippen molar-refractivity contribution in [3.8, 4) is 0 Å². The minimum absolute atomic E-state index is 0.315. The average molecular weight is 268 g/mol. The van der Waals surface area contributed by atoms with Gasteiger partial charge in [-0.15, -0.1) is 0 Å². The summed E-state index contributed by atoms with van der Waals surface area (Å²) in [5.41, 5.74) is 0.639. The molecule has 1 aromatic heterocycles. The smallest absolute Gasteiger partial charge is 0.338 e. The molecule has 2 rings (SSSR count). The Morgan fingerprint density at radius 3 is 2.42 bits per heavy atom. The van der Waals surface area contributed by atoms with E-state index in [4.69, 9.17) is 0 Å². The lowest BCUT2D eigenvalue weighted by atomic mass is 10.1. The van der Waals surface area contributed by atoms with Gasteiger partial charge in [0.15, 0.2) is 5.69 Å². The fourth-order valence-corrected chi connectivity index (χ4v) is 2.47. The number of hydrogen-bond acceptors (Lipinski definition) is 2. The average Bonchev–Trinajstić information content (AvgIpc) is 2.51. The number of aromatic nitrogens is 1. The fourth-order valence-electron chi connectivity index (χ4n) is 2.47. The Morgan fingerprint density at radius 2 is 1.89 bits per heavy atom. The van der Waals surface area contributed by atoms with Crippen LogP contribution in [0.15, 0.2) is 17.1 Å². The first-order chi connectivity index (χ1) is 8.77. The van der Waals surface area contributed by atoms with Crippen LogP contribution in [0, 0.1) is 13.8 Å². The molecule has 6 heteroatoms. The van der Waals surface area contributed by atoms with Crippen molar-refractivity contribution < 1.29 is 18.0 Å². The lowest BCUT2D eigenvalue weighted by Gasteiger charge is -2.09. The maximum absolute atomic E-state index is 13.1. The number of carbonyl (C=O) groups excluding carboxylic acids is 1. The van der Waals surface area contributed by atoms with E-state index in [0.29, 0.717) is 16.5 Å². The van der Waals surface area contributed by atoms with Crippen LogP contribution in [0.1, 0.15) is 16.8 Å². The predicted molar refractivity (Wildman–Crippen MR) is 65.2 cm³/mol. The lowest BCUT2D eigenvalue weighted by molar-refractivity contribution is -0.142. The number of isocyanates is 1. The highest BCUT2D eigenvalue weighted by molar-refractivity contribution is 5.97. The molecule has 0 aliphatic heterocycles. The predicted octanol–water partition coefficient (Wildman–Crippen LogP) is 3.78. The number of rotatable bonds is 1. The van der Waals surface area contributed by atoms with Gasteiger partial charge in [-0.1, -0.05) is 11.6 Å². The molecule has 0 aliphatic carbocycles. The highest BCUT2D eigenvalue weighted by atomic mass is 19.4. The van der Waals surface area contributed by atoms with Crippen molar-refractivity contribution in [2.75, 3.05) is 0 Å². The Hall–Kier alpha value is -2.07. The molecule has 3 nitrogen and oxygen atoms in total. The van der Waals surface area contributed by atoms with Crippen molar-refractivity contribution in [1.29, 1.82) is 0 Å². The number of nitrogens with zero attached hydrogens (tertiary/aromatic N) is 2. The van der Waals surface area contributed by atoms with Crippen LogP contribution in [0.3, 0.4) is 0 Å². The number of fused-ring (bicyclic) bond motifs is 1. The summed E-state index contributed by atoms with van der Waals surface area (Å²) in [6.45, 7) is 3.50. The second kappa shape index (κ2) is 4.24. The van der Waals surface area contributed by atoms with E-state index >= 15 is 0 Å². The first kappa shape index (κ1) is 13.4. The molecule has 0 aliphatic rings. The molecular weight excluding hydrogens is 257 g/mol. The van der Waals surface area contributed by atoms with Gasteiger partial charge in [-0.05, 0) is 25.5 Å². The number of halogens is 3. The van der Waals surface area contributed by atoms with Crippen molar-refractivity contribution in [2.45, 2.75) is 20.0 Å². The largest absolute Gasteiger partial charge is 0.433 e. The van der Waals surface area contributed by atoms with Crippen LogP contribution in [0.5, 0.6) is 0 Å². The van der Waals surface area contributed by atoms with Gasteiger partial charge in [-0.3, -0.25) is 0 Å². The van der Waals surface area contributed by atoms with E-state index in [0.717, 1.165) is 10.1 Å². The summed E-state index contributed by atoms with van der Waals surface area (Å²) in [6.07, 6.45) is -3.38. The van der Waals surface area contributed by atoms with E-state index in [1.807, 2.05) is 0 Å². The zero-order valence-electron chi connectivity index (χ0n) is 10.6. The van der Waals surface area contributed by atoms with Crippen LogP contribution < -0.4 is 0 Å². The van der Waals surface area contributed by atoms with Crippen molar-refractivity contribution in [1.82, 2.24) is 4.57 Å². The Balaban J connectivity index is 3.05. The molecule has 0 N–H and O–H groups in total. The van der Waals surface area contributed by atoms with Crippen LogP contribution in [-0.2, 0) is 18.0 Å². The minimum Gasteiger partial charge on any atom is -0.338 e. The number of aryl methyl sites for hydroxylation is 3. The van der Waals surface area contributed by atoms with Crippen molar-refractivity contribution in [3.63, 3.8) is 0 Å². The molecule has 0 bridgehead atoms. The van der Waals surface area contributed by atoms with E-state index < -0.39 is 11.9 Å². The number of benzene rings is 1. The molecule has 0 saturated heterocycles. The van der Waals surface area contributed by atoms with Gasteiger partial charge in [-0.25, -0.2) is 4.79 Å². The van der Waals surface area contributed by atoms with Gasteiger partial charge < -0.3 is 4.57 Å². The highest BCUT2D eigenvalue weighted by Gasteiger charge is 2.39. The Morgan fingerprint density at radius 1 is 1.26 bits per heavy atom. The maximum Gasteiger partial charge on any atom is 0.433 e. The molecule has 0 unspecified atom stereocenters. The normalized spacial score (nSPS) is 11.7. The standard InChI is InChI=1S/C13H11F3N2O/c1-7-4-8(2)11-9(5-7)10(17-6-19)12(18(11)3)13(14,15)16/h4-5H,1-3H3. The molecule has 0 saturated carbocycles. The van der Waals surface area contributed by atoms with E-state index in [2.05, 4.69) is 4.99 Å². The lowest BCUT2D eigenvalue weighted by Crippen LogP contribution is -2.11. The van der Waals surface area contributed by atoms with Crippen LogP contribution in [0.2, 0.25) is 0 Å². The highest BCUT2D eigenvalue weighted by Crippen LogP contribution is 2.43. The zero-order valence-corrected chi connectivity index (χ0v) is 10.6. The van der Waals surface area contributed by atoms with Crippen LogP contribution in [0.4, 0.5) is 18.9 Å². The van der Waals surface area contributed by atoms with Crippen molar-refractivity contribution in [3.05, 3.63) is 29.0 Å². The quantitative estimate of drug-likeness (QED) is 0.572. The molecule has 0 spiro atoms. The van der Waals surface area contributed by atoms with Gasteiger partial charge in [0.1, 0.15) is 5.69 Å².